The van der Waals surface area contributed by atoms with Crippen LogP contribution in [0.15, 0.2) is 30.3 Å². The number of anilines is 1. The minimum atomic E-state index is -4.51. The quantitative estimate of drug-likeness (QED) is 0.816. The largest absolute Gasteiger partial charge is 0.497 e. The van der Waals surface area contributed by atoms with Crippen LogP contribution in [0.25, 0.3) is 0 Å². The van der Waals surface area contributed by atoms with Crippen molar-refractivity contribution in [2.24, 2.45) is 0 Å². The van der Waals surface area contributed by atoms with E-state index in [0.29, 0.717) is 17.1 Å². The monoisotopic (exact) mass is 356 g/mol. The van der Waals surface area contributed by atoms with Crippen molar-refractivity contribution in [3.05, 3.63) is 47.2 Å². The second-order valence-corrected chi connectivity index (χ2v) is 5.17. The lowest BCUT2D eigenvalue weighted by Gasteiger charge is -2.15. The van der Waals surface area contributed by atoms with Gasteiger partial charge in [-0.15, -0.1) is 0 Å². The molecule has 8 heteroatoms. The molecule has 0 aliphatic carbocycles. The highest BCUT2D eigenvalue weighted by Gasteiger charge is 2.33. The molecule has 0 amide bonds. The van der Waals surface area contributed by atoms with E-state index in [-0.39, 0.29) is 19.0 Å². The zero-order chi connectivity index (χ0) is 18.4. The molecule has 0 radical (unpaired) electrons. The molecule has 2 aromatic rings. The molecule has 1 heterocycles. The Bertz CT molecular complexity index is 721. The topological polar surface area (TPSA) is 52.6 Å². The molecule has 0 unspecified atom stereocenters. The van der Waals surface area contributed by atoms with Crippen LogP contribution in [-0.4, -0.2) is 26.3 Å². The summed E-state index contributed by atoms with van der Waals surface area (Å²) in [6.07, 6.45) is -4.51. The number of nitrogens with one attached hydrogen (secondary N) is 1. The number of pyridine rings is 1. The third-order valence-corrected chi connectivity index (χ3v) is 3.51. The second kappa shape index (κ2) is 8.06. The Morgan fingerprint density at radius 2 is 1.72 bits per heavy atom. The van der Waals surface area contributed by atoms with Crippen molar-refractivity contribution in [3.63, 3.8) is 0 Å². The van der Waals surface area contributed by atoms with Gasteiger partial charge in [-0.25, -0.2) is 4.98 Å². The van der Waals surface area contributed by atoms with E-state index in [0.717, 1.165) is 11.6 Å². The van der Waals surface area contributed by atoms with Crippen LogP contribution < -0.4 is 14.8 Å². The van der Waals surface area contributed by atoms with Gasteiger partial charge >= 0.3 is 6.18 Å². The molecule has 5 nitrogen and oxygen atoms in total. The van der Waals surface area contributed by atoms with E-state index in [1.807, 2.05) is 0 Å². The Morgan fingerprint density at radius 1 is 1.00 bits per heavy atom. The van der Waals surface area contributed by atoms with Crippen molar-refractivity contribution in [2.75, 3.05) is 26.6 Å². The van der Waals surface area contributed by atoms with Crippen molar-refractivity contribution in [1.29, 1.82) is 0 Å². The number of halogens is 3. The van der Waals surface area contributed by atoms with E-state index in [4.69, 9.17) is 14.2 Å². The first-order chi connectivity index (χ1) is 11.9. The lowest BCUT2D eigenvalue weighted by Crippen LogP contribution is -2.13. The summed E-state index contributed by atoms with van der Waals surface area (Å²) in [4.78, 5) is 3.69. The lowest BCUT2D eigenvalue weighted by molar-refractivity contribution is -0.141. The number of benzene rings is 1. The van der Waals surface area contributed by atoms with Crippen molar-refractivity contribution >= 4 is 5.82 Å². The van der Waals surface area contributed by atoms with Crippen molar-refractivity contribution in [2.45, 2.75) is 19.3 Å². The highest BCUT2D eigenvalue weighted by Crippen LogP contribution is 2.30. The fraction of sp³-hybridized carbons (Fsp3) is 0.353. The maximum Gasteiger partial charge on any atom is 0.433 e. The molecule has 0 saturated heterocycles. The Balaban J connectivity index is 2.27. The zero-order valence-electron chi connectivity index (χ0n) is 14.1. The predicted octanol–water partition coefficient (Wildman–Crippen LogP) is 3.88. The first-order valence-corrected chi connectivity index (χ1v) is 7.40. The van der Waals surface area contributed by atoms with E-state index in [1.165, 1.54) is 27.4 Å². The molecule has 136 valence electrons. The van der Waals surface area contributed by atoms with Gasteiger partial charge < -0.3 is 19.5 Å². The molecular weight excluding hydrogens is 337 g/mol. The van der Waals surface area contributed by atoms with E-state index >= 15 is 0 Å². The highest BCUT2D eigenvalue weighted by atomic mass is 19.4. The van der Waals surface area contributed by atoms with Crippen molar-refractivity contribution < 1.29 is 27.4 Å². The number of aromatic nitrogens is 1. The third-order valence-electron chi connectivity index (χ3n) is 3.51. The van der Waals surface area contributed by atoms with E-state index in [2.05, 4.69) is 10.3 Å². The Kier molecular flexibility index (Phi) is 6.08. The maximum absolute atomic E-state index is 12.9. The van der Waals surface area contributed by atoms with Gasteiger partial charge in [-0.2, -0.15) is 13.2 Å². The van der Waals surface area contributed by atoms with Gasteiger partial charge in [0.05, 0.1) is 20.8 Å². The van der Waals surface area contributed by atoms with Gasteiger partial charge in [0.2, 0.25) is 0 Å². The SMILES string of the molecule is COCc1ccc(C(F)(F)F)nc1NCc1ccc(OC)cc1OC. The van der Waals surface area contributed by atoms with E-state index < -0.39 is 11.9 Å². The zero-order valence-corrected chi connectivity index (χ0v) is 14.1. The normalized spacial score (nSPS) is 11.3. The third kappa shape index (κ3) is 4.76. The van der Waals surface area contributed by atoms with Gasteiger partial charge in [0.25, 0.3) is 0 Å². The molecule has 25 heavy (non-hydrogen) atoms. The summed E-state index contributed by atoms with van der Waals surface area (Å²) in [5.41, 5.74) is 0.324. The molecule has 0 bridgehead atoms. The van der Waals surface area contributed by atoms with Crippen LogP contribution >= 0.6 is 0 Å². The minimum Gasteiger partial charge on any atom is -0.497 e. The van der Waals surface area contributed by atoms with Crippen LogP contribution in [0.2, 0.25) is 0 Å². The fourth-order valence-corrected chi connectivity index (χ4v) is 2.25. The summed E-state index contributed by atoms with van der Waals surface area (Å²) >= 11 is 0. The van der Waals surface area contributed by atoms with Gasteiger partial charge in [0.1, 0.15) is 23.0 Å². The van der Waals surface area contributed by atoms with Crippen LogP contribution in [0, 0.1) is 0 Å². The predicted molar refractivity (Wildman–Crippen MR) is 86.8 cm³/mol. The molecule has 1 N–H and O–H groups in total. The minimum absolute atomic E-state index is 0.120. The Labute approximate surface area is 143 Å². The summed E-state index contributed by atoms with van der Waals surface area (Å²) in [6.45, 7) is 0.380. The van der Waals surface area contributed by atoms with Crippen LogP contribution in [0.4, 0.5) is 19.0 Å². The summed E-state index contributed by atoms with van der Waals surface area (Å²) in [6, 6.07) is 7.51. The standard InChI is InChI=1S/C17H19F3N2O3/c1-23-10-12-5-7-15(17(18,19)20)22-16(12)21-9-11-4-6-13(24-2)8-14(11)25-3/h4-8H,9-10H2,1-3H3,(H,21,22). The number of methoxy groups -OCH3 is 3. The smallest absolute Gasteiger partial charge is 0.433 e. The van der Waals surface area contributed by atoms with Gasteiger partial charge in [-0.05, 0) is 18.2 Å². The maximum atomic E-state index is 12.9. The van der Waals surface area contributed by atoms with Gasteiger partial charge in [-0.1, -0.05) is 6.07 Å². The molecule has 1 aromatic heterocycles. The first-order valence-electron chi connectivity index (χ1n) is 7.40. The molecule has 1 aromatic carbocycles. The summed E-state index contributed by atoms with van der Waals surface area (Å²) in [7, 11) is 4.52. The number of nitrogens with zero attached hydrogens (tertiary/aromatic N) is 1. The summed E-state index contributed by atoms with van der Waals surface area (Å²) < 4.78 is 54.1. The van der Waals surface area contributed by atoms with Crippen LogP contribution in [0.3, 0.4) is 0 Å². The molecule has 0 aliphatic heterocycles. The number of rotatable bonds is 7. The second-order valence-electron chi connectivity index (χ2n) is 5.17. The molecular formula is C17H19F3N2O3. The molecule has 0 fully saturated rings. The van der Waals surface area contributed by atoms with E-state index in [1.54, 1.807) is 18.2 Å². The average molecular weight is 356 g/mol. The molecule has 0 spiro atoms. The summed E-state index contributed by atoms with van der Waals surface area (Å²) in [5, 5.41) is 2.93. The summed E-state index contributed by atoms with van der Waals surface area (Å²) in [5.74, 6) is 1.31. The molecule has 0 saturated carbocycles. The van der Waals surface area contributed by atoms with Crippen LogP contribution in [-0.2, 0) is 24.1 Å². The number of hydrogen-bond donors (Lipinski definition) is 1. The highest BCUT2D eigenvalue weighted by molar-refractivity contribution is 5.48. The van der Waals surface area contributed by atoms with Gasteiger partial charge in [0.15, 0.2) is 0 Å². The number of alkyl halides is 3. The van der Waals surface area contributed by atoms with Crippen molar-refractivity contribution in [1.82, 2.24) is 4.98 Å². The Hall–Kier alpha value is -2.48. The van der Waals surface area contributed by atoms with Crippen LogP contribution in [0.1, 0.15) is 16.8 Å². The van der Waals surface area contributed by atoms with Crippen LogP contribution in [0.5, 0.6) is 11.5 Å². The molecule has 0 atom stereocenters. The first kappa shape index (κ1) is 18.9. The molecule has 2 rings (SSSR count). The van der Waals surface area contributed by atoms with Crippen molar-refractivity contribution in [3.8, 4) is 11.5 Å². The lowest BCUT2D eigenvalue weighted by atomic mass is 10.1. The average Bonchev–Trinajstić information content (AvgIpc) is 2.60. The van der Waals surface area contributed by atoms with E-state index in [9.17, 15) is 13.2 Å². The Morgan fingerprint density at radius 3 is 2.32 bits per heavy atom. The fourth-order valence-electron chi connectivity index (χ4n) is 2.25. The molecule has 0 aliphatic rings. The van der Waals surface area contributed by atoms with Gasteiger partial charge in [-0.3, -0.25) is 0 Å². The number of hydrogen-bond acceptors (Lipinski definition) is 5. The van der Waals surface area contributed by atoms with Gasteiger partial charge in [0, 0.05) is 30.8 Å². The number of ether oxygens (including phenoxy) is 3.